The van der Waals surface area contributed by atoms with Gasteiger partial charge >= 0.3 is 13.8 Å². The molecule has 0 amide bonds. The number of phosphoric acid groups is 1. The molecule has 0 rings (SSSR count). The van der Waals surface area contributed by atoms with E-state index in [0.29, 0.717) is 0 Å². The number of carbonyl (C=O) groups is 2. The molecule has 0 aliphatic heterocycles. The molecule has 0 fully saturated rings. The van der Waals surface area contributed by atoms with Gasteiger partial charge in [0, 0.05) is 0 Å². The van der Waals surface area contributed by atoms with Gasteiger partial charge < -0.3 is 30.2 Å². The first-order valence-corrected chi connectivity index (χ1v) is 5.59. The van der Waals surface area contributed by atoms with Gasteiger partial charge in [-0.15, -0.1) is 0 Å². The van der Waals surface area contributed by atoms with Crippen LogP contribution in [0.4, 0.5) is 0 Å². The van der Waals surface area contributed by atoms with Crippen molar-refractivity contribution in [3.05, 3.63) is 0 Å². The highest BCUT2D eigenvalue weighted by atomic mass is 31.2. The van der Waals surface area contributed by atoms with E-state index in [1.165, 1.54) is 0 Å². The monoisotopic (exact) mass is 274 g/mol. The first-order chi connectivity index (χ1) is 7.56. The van der Waals surface area contributed by atoms with Crippen LogP contribution in [0.5, 0.6) is 0 Å². The summed E-state index contributed by atoms with van der Waals surface area (Å²) in [6, 6.07) is 0. The van der Waals surface area contributed by atoms with E-state index in [2.05, 4.69) is 4.52 Å². The largest absolute Gasteiger partial charge is 0.479 e. The molecule has 0 aromatic rings. The normalized spacial score (nSPS) is 17.2. The minimum atomic E-state index is -4.92. The van der Waals surface area contributed by atoms with Crippen molar-refractivity contribution in [2.45, 2.75) is 18.3 Å². The Labute approximate surface area is 94.3 Å². The maximum atomic E-state index is 11.0. The van der Waals surface area contributed by atoms with Crippen molar-refractivity contribution in [1.29, 1.82) is 0 Å². The van der Waals surface area contributed by atoms with E-state index in [0.717, 1.165) is 0 Å². The zero-order chi connectivity index (χ0) is 13.8. The van der Waals surface area contributed by atoms with E-state index >= 15 is 0 Å². The Morgan fingerprint density at radius 3 is 1.94 bits per heavy atom. The van der Waals surface area contributed by atoms with Crippen molar-refractivity contribution in [2.24, 2.45) is 0 Å². The molecule has 0 heterocycles. The number of carbonyl (C=O) groups excluding carboxylic acids is 1. The molecule has 0 saturated heterocycles. The zero-order valence-corrected chi connectivity index (χ0v) is 9.10. The summed E-state index contributed by atoms with van der Waals surface area (Å²) in [5.74, 6) is -3.26. The number of hydrogen-bond donors (Lipinski definition) is 6. The fourth-order valence-electron chi connectivity index (χ4n) is 0.742. The van der Waals surface area contributed by atoms with Crippen LogP contribution in [0, 0.1) is 0 Å². The Morgan fingerprint density at radius 1 is 1.12 bits per heavy atom. The first kappa shape index (κ1) is 16.1. The van der Waals surface area contributed by atoms with E-state index in [1.807, 2.05) is 0 Å². The number of Topliss-reactive ketones (excluding diaryl/α,β-unsaturated/α-hetero) is 1. The van der Waals surface area contributed by atoms with Gasteiger partial charge in [0.1, 0.15) is 18.8 Å². The van der Waals surface area contributed by atoms with Gasteiger partial charge in [-0.2, -0.15) is 0 Å². The average Bonchev–Trinajstić information content (AvgIpc) is 2.21. The van der Waals surface area contributed by atoms with Crippen LogP contribution in [0.2, 0.25) is 0 Å². The van der Waals surface area contributed by atoms with E-state index in [9.17, 15) is 14.2 Å². The molecular formula is C6H11O10P. The second-order valence-electron chi connectivity index (χ2n) is 2.95. The zero-order valence-electron chi connectivity index (χ0n) is 8.20. The first-order valence-electron chi connectivity index (χ1n) is 4.06. The molecule has 0 bridgehead atoms. The van der Waals surface area contributed by atoms with Crippen molar-refractivity contribution in [3.63, 3.8) is 0 Å². The Balaban J connectivity index is 4.40. The summed E-state index contributed by atoms with van der Waals surface area (Å²) < 4.78 is 13.9. The van der Waals surface area contributed by atoms with Crippen LogP contribution in [0.15, 0.2) is 0 Å². The molecule has 11 heteroatoms. The molecule has 3 atom stereocenters. The molecule has 0 unspecified atom stereocenters. The Hall–Kier alpha value is -0.870. The quantitative estimate of drug-likeness (QED) is 0.259. The summed E-state index contributed by atoms with van der Waals surface area (Å²) in [5.41, 5.74) is 0. The predicted octanol–water partition coefficient (Wildman–Crippen LogP) is -3.17. The molecule has 0 aromatic heterocycles. The average molecular weight is 274 g/mol. The maximum Gasteiger partial charge on any atom is 0.470 e. The van der Waals surface area contributed by atoms with Crippen LogP contribution in [0.25, 0.3) is 0 Å². The third kappa shape index (κ3) is 5.84. The maximum absolute atomic E-state index is 11.0. The molecule has 0 radical (unpaired) electrons. The fourth-order valence-corrected chi connectivity index (χ4v) is 1.04. The number of aliphatic hydroxyl groups is 3. The highest BCUT2D eigenvalue weighted by Gasteiger charge is 2.35. The number of ketones is 1. The number of carboxylic acids is 1. The third-order valence-corrected chi connectivity index (χ3v) is 2.07. The van der Waals surface area contributed by atoms with Crippen LogP contribution in [0.1, 0.15) is 0 Å². The van der Waals surface area contributed by atoms with Gasteiger partial charge in [-0.25, -0.2) is 9.36 Å². The van der Waals surface area contributed by atoms with E-state index in [1.54, 1.807) is 0 Å². The van der Waals surface area contributed by atoms with Crippen LogP contribution in [-0.4, -0.2) is 66.9 Å². The number of phosphoric ester groups is 1. The van der Waals surface area contributed by atoms with Crippen molar-refractivity contribution in [1.82, 2.24) is 0 Å². The van der Waals surface area contributed by atoms with E-state index < -0.39 is 44.5 Å². The Bertz CT molecular complexity index is 334. The van der Waals surface area contributed by atoms with Crippen molar-refractivity contribution in [3.8, 4) is 0 Å². The van der Waals surface area contributed by atoms with Crippen molar-refractivity contribution < 1.29 is 48.9 Å². The molecule has 0 aromatic carbocycles. The minimum absolute atomic E-state index is 1.24. The van der Waals surface area contributed by atoms with Gasteiger partial charge in [-0.3, -0.25) is 9.32 Å². The predicted molar refractivity (Wildman–Crippen MR) is 48.7 cm³/mol. The van der Waals surface area contributed by atoms with Gasteiger partial charge in [0.15, 0.2) is 11.9 Å². The standard InChI is InChI=1S/C6H11O10P/c7-2(1-16-17(13,14)15)3(8)4(9)5(10)6(11)12/h3-5,8-10H,1H2,(H,11,12)(H2,13,14,15)/t3-,4+,5+/m1/s1. The lowest BCUT2D eigenvalue weighted by molar-refractivity contribution is -0.161. The summed E-state index contributed by atoms with van der Waals surface area (Å²) >= 11 is 0. The minimum Gasteiger partial charge on any atom is -0.479 e. The summed E-state index contributed by atoms with van der Waals surface area (Å²) in [6.07, 6.45) is -7.09. The molecule has 6 N–H and O–H groups in total. The molecule has 100 valence electrons. The second kappa shape index (κ2) is 6.17. The summed E-state index contributed by atoms with van der Waals surface area (Å²) in [4.78, 5) is 37.6. The lowest BCUT2D eigenvalue weighted by atomic mass is 10.1. The smallest absolute Gasteiger partial charge is 0.470 e. The highest BCUT2D eigenvalue weighted by molar-refractivity contribution is 7.46. The van der Waals surface area contributed by atoms with E-state index in [4.69, 9.17) is 30.2 Å². The SMILES string of the molecule is O=C(O)[C@@H](O)[C@@H](O)[C@H](O)C(=O)COP(=O)(O)O. The lowest BCUT2D eigenvalue weighted by Gasteiger charge is -2.19. The number of aliphatic hydroxyl groups excluding tert-OH is 3. The molecule has 0 saturated carbocycles. The molecule has 17 heavy (non-hydrogen) atoms. The number of hydrogen-bond acceptors (Lipinski definition) is 7. The summed E-state index contributed by atoms with van der Waals surface area (Å²) in [7, 11) is -4.92. The Morgan fingerprint density at radius 2 is 1.59 bits per heavy atom. The molecular weight excluding hydrogens is 263 g/mol. The van der Waals surface area contributed by atoms with Gasteiger partial charge in [0.2, 0.25) is 0 Å². The molecule has 10 nitrogen and oxygen atoms in total. The number of aliphatic carboxylic acids is 1. The lowest BCUT2D eigenvalue weighted by Crippen LogP contribution is -2.46. The van der Waals surface area contributed by atoms with Gasteiger partial charge in [0.25, 0.3) is 0 Å². The van der Waals surface area contributed by atoms with E-state index in [-0.39, 0.29) is 0 Å². The summed E-state index contributed by atoms with van der Waals surface area (Å²) in [6.45, 7) is -1.24. The van der Waals surface area contributed by atoms with Crippen LogP contribution in [0.3, 0.4) is 0 Å². The van der Waals surface area contributed by atoms with Crippen LogP contribution >= 0.6 is 7.82 Å². The second-order valence-corrected chi connectivity index (χ2v) is 4.19. The number of carboxylic acid groups (broad SMARTS) is 1. The van der Waals surface area contributed by atoms with Gasteiger partial charge in [-0.1, -0.05) is 0 Å². The molecule has 0 aliphatic rings. The summed E-state index contributed by atoms with van der Waals surface area (Å²) in [5, 5.41) is 35.1. The third-order valence-electron chi connectivity index (χ3n) is 1.60. The van der Waals surface area contributed by atoms with Gasteiger partial charge in [0.05, 0.1) is 0 Å². The van der Waals surface area contributed by atoms with Crippen molar-refractivity contribution >= 4 is 19.6 Å². The van der Waals surface area contributed by atoms with Crippen LogP contribution in [-0.2, 0) is 18.7 Å². The highest BCUT2D eigenvalue weighted by Crippen LogP contribution is 2.35. The molecule has 0 spiro atoms. The van der Waals surface area contributed by atoms with Gasteiger partial charge in [-0.05, 0) is 0 Å². The molecule has 0 aliphatic carbocycles. The fraction of sp³-hybridized carbons (Fsp3) is 0.667. The Kier molecular flexibility index (Phi) is 5.85. The number of rotatable bonds is 7. The van der Waals surface area contributed by atoms with Crippen molar-refractivity contribution in [2.75, 3.05) is 6.61 Å². The van der Waals surface area contributed by atoms with Crippen LogP contribution < -0.4 is 0 Å². The topological polar surface area (TPSA) is 182 Å².